The van der Waals surface area contributed by atoms with Gasteiger partial charge in [-0.05, 0) is 36.8 Å². The average Bonchev–Trinajstić information content (AvgIpc) is 3.18. The Labute approximate surface area is 190 Å². The Morgan fingerprint density at radius 3 is 2.44 bits per heavy atom. The zero-order valence-corrected chi connectivity index (χ0v) is 18.4. The molecule has 0 atom stereocenters. The van der Waals surface area contributed by atoms with Crippen LogP contribution in [0.3, 0.4) is 0 Å². The molecule has 0 bridgehead atoms. The van der Waals surface area contributed by atoms with Crippen LogP contribution in [0.4, 0.5) is 5.69 Å². The first kappa shape index (κ1) is 21.5. The molecular formula is C24H23N5O2S. The molecule has 0 saturated heterocycles. The van der Waals surface area contributed by atoms with Crippen LogP contribution in [-0.4, -0.2) is 26.5 Å². The van der Waals surface area contributed by atoms with E-state index in [2.05, 4.69) is 15.5 Å². The summed E-state index contributed by atoms with van der Waals surface area (Å²) in [5.74, 6) is 7.42. The number of nitrogens with two attached hydrogens (primary N) is 1. The third kappa shape index (κ3) is 5.47. The summed E-state index contributed by atoms with van der Waals surface area (Å²) >= 11 is 1.23. The zero-order chi connectivity index (χ0) is 22.3. The molecule has 0 aliphatic rings. The lowest BCUT2D eigenvalue weighted by molar-refractivity contribution is -0.113. The van der Waals surface area contributed by atoms with Crippen molar-refractivity contribution in [1.29, 1.82) is 0 Å². The van der Waals surface area contributed by atoms with Gasteiger partial charge in [-0.3, -0.25) is 4.79 Å². The van der Waals surface area contributed by atoms with E-state index < -0.39 is 0 Å². The topological polar surface area (TPSA) is 95.1 Å². The highest BCUT2D eigenvalue weighted by Crippen LogP contribution is 2.22. The van der Waals surface area contributed by atoms with Gasteiger partial charge in [0, 0.05) is 11.3 Å². The molecule has 0 unspecified atom stereocenters. The predicted molar refractivity (Wildman–Crippen MR) is 127 cm³/mol. The summed E-state index contributed by atoms with van der Waals surface area (Å²) in [7, 11) is 0. The summed E-state index contributed by atoms with van der Waals surface area (Å²) in [6, 6.07) is 25.1. The average molecular weight is 446 g/mol. The summed E-state index contributed by atoms with van der Waals surface area (Å²) in [6.07, 6.45) is 0. The Kier molecular flexibility index (Phi) is 6.72. The highest BCUT2D eigenvalue weighted by atomic mass is 32.2. The number of anilines is 1. The molecule has 4 aromatic rings. The quantitative estimate of drug-likeness (QED) is 0.311. The van der Waals surface area contributed by atoms with E-state index >= 15 is 0 Å². The third-order valence-electron chi connectivity index (χ3n) is 4.69. The standard InChI is InChI=1S/C24H23N5O2S/c1-17-7-9-19(10-8-17)23-27-28-24(29(23)25)32-16-22(30)26-20-11-13-21(14-12-20)31-15-18-5-3-2-4-6-18/h2-14H,15-16,25H2,1H3,(H,26,30). The van der Waals surface area contributed by atoms with Gasteiger partial charge in [0.25, 0.3) is 0 Å². The first-order valence-electron chi connectivity index (χ1n) is 10.1. The van der Waals surface area contributed by atoms with Crippen LogP contribution in [0.5, 0.6) is 5.75 Å². The Morgan fingerprint density at radius 2 is 1.72 bits per heavy atom. The van der Waals surface area contributed by atoms with E-state index in [0.29, 0.717) is 23.3 Å². The third-order valence-corrected chi connectivity index (χ3v) is 5.64. The van der Waals surface area contributed by atoms with Gasteiger partial charge in [-0.2, -0.15) is 0 Å². The lowest BCUT2D eigenvalue weighted by Crippen LogP contribution is -2.16. The second kappa shape index (κ2) is 10.0. The molecule has 7 nitrogen and oxygen atoms in total. The number of aromatic nitrogens is 3. The van der Waals surface area contributed by atoms with Crippen molar-refractivity contribution < 1.29 is 9.53 Å². The number of nitrogens with zero attached hydrogens (tertiary/aromatic N) is 3. The summed E-state index contributed by atoms with van der Waals surface area (Å²) < 4.78 is 7.17. The van der Waals surface area contributed by atoms with Crippen molar-refractivity contribution in [3.63, 3.8) is 0 Å². The zero-order valence-electron chi connectivity index (χ0n) is 17.6. The van der Waals surface area contributed by atoms with Crippen LogP contribution < -0.4 is 15.9 Å². The molecule has 32 heavy (non-hydrogen) atoms. The van der Waals surface area contributed by atoms with Gasteiger partial charge < -0.3 is 15.9 Å². The van der Waals surface area contributed by atoms with Crippen LogP contribution in [0.15, 0.2) is 84.0 Å². The minimum atomic E-state index is -0.159. The molecule has 0 fully saturated rings. The van der Waals surface area contributed by atoms with E-state index in [-0.39, 0.29) is 11.7 Å². The smallest absolute Gasteiger partial charge is 0.234 e. The molecule has 0 aliphatic carbocycles. The predicted octanol–water partition coefficient (Wildman–Crippen LogP) is 4.28. The fraction of sp³-hybridized carbons (Fsp3) is 0.125. The van der Waals surface area contributed by atoms with Gasteiger partial charge in [0.2, 0.25) is 11.1 Å². The van der Waals surface area contributed by atoms with Gasteiger partial charge in [0.05, 0.1) is 5.75 Å². The van der Waals surface area contributed by atoms with Crippen LogP contribution in [0.2, 0.25) is 0 Å². The SMILES string of the molecule is Cc1ccc(-c2nnc(SCC(=O)Nc3ccc(OCc4ccccc4)cc3)n2N)cc1. The number of rotatable bonds is 8. The van der Waals surface area contributed by atoms with Gasteiger partial charge in [0.1, 0.15) is 12.4 Å². The van der Waals surface area contributed by atoms with E-state index in [0.717, 1.165) is 22.4 Å². The monoisotopic (exact) mass is 445 g/mol. The molecule has 8 heteroatoms. The van der Waals surface area contributed by atoms with Crippen molar-refractivity contribution in [2.45, 2.75) is 18.7 Å². The van der Waals surface area contributed by atoms with Gasteiger partial charge >= 0.3 is 0 Å². The molecular weight excluding hydrogens is 422 g/mol. The number of hydrogen-bond acceptors (Lipinski definition) is 6. The molecule has 0 radical (unpaired) electrons. The first-order chi connectivity index (χ1) is 15.6. The molecule has 3 aromatic carbocycles. The Balaban J connectivity index is 1.28. The first-order valence-corrected chi connectivity index (χ1v) is 11.0. The lowest BCUT2D eigenvalue weighted by atomic mass is 10.1. The largest absolute Gasteiger partial charge is 0.489 e. The minimum Gasteiger partial charge on any atom is -0.489 e. The number of carbonyl (C=O) groups excluding carboxylic acids is 1. The molecule has 1 heterocycles. The minimum absolute atomic E-state index is 0.159. The maximum atomic E-state index is 12.3. The number of aryl methyl sites for hydroxylation is 1. The van der Waals surface area contributed by atoms with Gasteiger partial charge in [-0.25, -0.2) is 4.68 Å². The second-order valence-corrected chi connectivity index (χ2v) is 8.12. The van der Waals surface area contributed by atoms with Crippen molar-refractivity contribution in [1.82, 2.24) is 14.9 Å². The van der Waals surface area contributed by atoms with E-state index in [9.17, 15) is 4.79 Å². The normalized spacial score (nSPS) is 10.7. The fourth-order valence-corrected chi connectivity index (χ4v) is 3.63. The van der Waals surface area contributed by atoms with E-state index in [1.807, 2.05) is 85.8 Å². The number of benzene rings is 3. The Morgan fingerprint density at radius 1 is 1.00 bits per heavy atom. The fourth-order valence-electron chi connectivity index (χ4n) is 2.98. The Hall–Kier alpha value is -3.78. The number of ether oxygens (including phenoxy) is 1. The van der Waals surface area contributed by atoms with Gasteiger partial charge in [0.15, 0.2) is 5.82 Å². The molecule has 1 aromatic heterocycles. The molecule has 0 saturated carbocycles. The van der Waals surface area contributed by atoms with Gasteiger partial charge in [-0.15, -0.1) is 10.2 Å². The van der Waals surface area contributed by atoms with Crippen LogP contribution in [0.25, 0.3) is 11.4 Å². The van der Waals surface area contributed by atoms with Crippen molar-refractivity contribution in [2.75, 3.05) is 16.9 Å². The van der Waals surface area contributed by atoms with Crippen molar-refractivity contribution in [3.8, 4) is 17.1 Å². The van der Waals surface area contributed by atoms with Crippen molar-refractivity contribution >= 4 is 23.4 Å². The van der Waals surface area contributed by atoms with Crippen LogP contribution in [0, 0.1) is 6.92 Å². The molecule has 1 amide bonds. The summed E-state index contributed by atoms with van der Waals surface area (Å²) in [6.45, 7) is 2.51. The maximum Gasteiger partial charge on any atom is 0.234 e. The van der Waals surface area contributed by atoms with Crippen LogP contribution >= 0.6 is 11.8 Å². The maximum absolute atomic E-state index is 12.3. The summed E-state index contributed by atoms with van der Waals surface area (Å²) in [5.41, 5.74) is 3.81. The van der Waals surface area contributed by atoms with Crippen molar-refractivity contribution in [2.24, 2.45) is 0 Å². The van der Waals surface area contributed by atoms with Crippen LogP contribution in [0.1, 0.15) is 11.1 Å². The number of amides is 1. The van der Waals surface area contributed by atoms with E-state index in [1.54, 1.807) is 0 Å². The number of thioether (sulfide) groups is 1. The number of hydrogen-bond donors (Lipinski definition) is 2. The number of carbonyl (C=O) groups is 1. The highest BCUT2D eigenvalue weighted by molar-refractivity contribution is 7.99. The molecule has 0 spiro atoms. The number of nitrogens with one attached hydrogen (secondary N) is 1. The van der Waals surface area contributed by atoms with E-state index in [1.165, 1.54) is 16.4 Å². The second-order valence-electron chi connectivity index (χ2n) is 7.18. The van der Waals surface area contributed by atoms with Crippen molar-refractivity contribution in [3.05, 3.63) is 90.0 Å². The number of nitrogen functional groups attached to an aromatic ring is 1. The highest BCUT2D eigenvalue weighted by Gasteiger charge is 2.14. The van der Waals surface area contributed by atoms with Crippen LogP contribution in [-0.2, 0) is 11.4 Å². The molecule has 3 N–H and O–H groups in total. The lowest BCUT2D eigenvalue weighted by Gasteiger charge is -2.08. The Bertz CT molecular complexity index is 1180. The van der Waals surface area contributed by atoms with Gasteiger partial charge in [-0.1, -0.05) is 71.9 Å². The van der Waals surface area contributed by atoms with E-state index in [4.69, 9.17) is 10.6 Å². The molecule has 0 aliphatic heterocycles. The summed E-state index contributed by atoms with van der Waals surface area (Å²) in [4.78, 5) is 12.3. The molecule has 162 valence electrons. The summed E-state index contributed by atoms with van der Waals surface area (Å²) in [5, 5.41) is 11.6. The molecule has 4 rings (SSSR count).